The van der Waals surface area contributed by atoms with Crippen molar-refractivity contribution < 1.29 is 4.39 Å². The van der Waals surface area contributed by atoms with Crippen molar-refractivity contribution in [2.75, 3.05) is 5.73 Å². The number of benzene rings is 1. The number of hydrogen-bond donors (Lipinski definition) is 1. The highest BCUT2D eigenvalue weighted by atomic mass is 79.9. The third-order valence-electron chi connectivity index (χ3n) is 3.19. The second kappa shape index (κ2) is 4.75. The van der Waals surface area contributed by atoms with Crippen molar-refractivity contribution in [1.82, 2.24) is 9.38 Å². The van der Waals surface area contributed by atoms with E-state index in [0.717, 1.165) is 10.2 Å². The highest BCUT2D eigenvalue weighted by Gasteiger charge is 2.15. The van der Waals surface area contributed by atoms with Crippen molar-refractivity contribution in [3.8, 4) is 11.3 Å². The molecule has 6 heteroatoms. The first-order chi connectivity index (χ1) is 9.49. The minimum absolute atomic E-state index is 0.0787. The minimum atomic E-state index is -0.487. The second-order valence-corrected chi connectivity index (χ2v) is 5.70. The number of aromatic nitrogens is 2. The summed E-state index contributed by atoms with van der Waals surface area (Å²) in [7, 11) is 0. The smallest absolute Gasteiger partial charge is 0.142 e. The fourth-order valence-corrected chi connectivity index (χ4v) is 2.57. The van der Waals surface area contributed by atoms with Crippen LogP contribution in [0.5, 0.6) is 0 Å². The van der Waals surface area contributed by atoms with E-state index >= 15 is 0 Å². The van der Waals surface area contributed by atoms with Crippen LogP contribution in [0.4, 0.5) is 10.2 Å². The van der Waals surface area contributed by atoms with Crippen LogP contribution in [0, 0.1) is 12.7 Å². The Morgan fingerprint density at radius 1 is 1.30 bits per heavy atom. The van der Waals surface area contributed by atoms with Crippen LogP contribution in [0.25, 0.3) is 16.9 Å². The van der Waals surface area contributed by atoms with Crippen LogP contribution in [0.2, 0.25) is 5.02 Å². The summed E-state index contributed by atoms with van der Waals surface area (Å²) in [6, 6.07) is 8.30. The summed E-state index contributed by atoms with van der Waals surface area (Å²) in [5.41, 5.74) is 8.95. The molecule has 2 aromatic heterocycles. The van der Waals surface area contributed by atoms with Crippen LogP contribution in [0.15, 0.2) is 34.8 Å². The molecule has 2 N–H and O–H groups in total. The molecule has 1 aromatic carbocycles. The van der Waals surface area contributed by atoms with E-state index in [-0.39, 0.29) is 5.02 Å². The van der Waals surface area contributed by atoms with Gasteiger partial charge in [0.25, 0.3) is 0 Å². The highest BCUT2D eigenvalue weighted by molar-refractivity contribution is 9.10. The van der Waals surface area contributed by atoms with E-state index in [1.54, 1.807) is 6.07 Å². The maximum absolute atomic E-state index is 13.6. The molecule has 0 spiro atoms. The lowest BCUT2D eigenvalue weighted by molar-refractivity contribution is 0.629. The topological polar surface area (TPSA) is 43.3 Å². The van der Waals surface area contributed by atoms with Gasteiger partial charge >= 0.3 is 0 Å². The first kappa shape index (κ1) is 13.4. The molecule has 2 heterocycles. The summed E-state index contributed by atoms with van der Waals surface area (Å²) < 4.78 is 16.3. The molecule has 3 aromatic rings. The summed E-state index contributed by atoms with van der Waals surface area (Å²) in [4.78, 5) is 4.46. The number of aryl methyl sites for hydroxylation is 1. The van der Waals surface area contributed by atoms with Gasteiger partial charge in [-0.1, -0.05) is 17.7 Å². The summed E-state index contributed by atoms with van der Waals surface area (Å²) in [5, 5.41) is 0.0787. The normalized spacial score (nSPS) is 11.2. The number of imidazole rings is 1. The van der Waals surface area contributed by atoms with Gasteiger partial charge < -0.3 is 5.73 Å². The maximum atomic E-state index is 13.6. The average Bonchev–Trinajstić information content (AvgIpc) is 2.75. The molecule has 0 saturated heterocycles. The van der Waals surface area contributed by atoms with Crippen molar-refractivity contribution in [1.29, 1.82) is 0 Å². The van der Waals surface area contributed by atoms with Gasteiger partial charge in [0.15, 0.2) is 0 Å². The van der Waals surface area contributed by atoms with Crippen LogP contribution in [0.3, 0.4) is 0 Å². The lowest BCUT2D eigenvalue weighted by atomic mass is 10.1. The molecular weight excluding hydrogens is 345 g/mol. The first-order valence-corrected chi connectivity index (χ1v) is 7.04. The van der Waals surface area contributed by atoms with Crippen molar-refractivity contribution in [2.45, 2.75) is 6.92 Å². The number of halogens is 3. The molecule has 0 amide bonds. The Morgan fingerprint density at radius 2 is 2.05 bits per heavy atom. The summed E-state index contributed by atoms with van der Waals surface area (Å²) in [6.07, 6.45) is 0. The Morgan fingerprint density at radius 3 is 2.75 bits per heavy atom. The molecule has 0 fully saturated rings. The maximum Gasteiger partial charge on any atom is 0.142 e. The van der Waals surface area contributed by atoms with Gasteiger partial charge in [0.1, 0.15) is 23.0 Å². The Hall–Kier alpha value is -1.59. The van der Waals surface area contributed by atoms with Crippen molar-refractivity contribution in [3.05, 3.63) is 51.3 Å². The molecule has 0 atom stereocenters. The Labute approximate surface area is 128 Å². The summed E-state index contributed by atoms with van der Waals surface area (Å²) >= 11 is 9.15. The van der Waals surface area contributed by atoms with Crippen molar-refractivity contribution >= 4 is 39.0 Å². The van der Waals surface area contributed by atoms with Crippen LogP contribution < -0.4 is 5.73 Å². The molecule has 0 saturated carbocycles. The van der Waals surface area contributed by atoms with E-state index in [1.165, 1.54) is 12.1 Å². The third-order valence-corrected chi connectivity index (χ3v) is 4.34. The Kier molecular flexibility index (Phi) is 3.18. The number of fused-ring (bicyclic) bond motifs is 1. The van der Waals surface area contributed by atoms with Crippen LogP contribution in [-0.2, 0) is 0 Å². The number of anilines is 1. The van der Waals surface area contributed by atoms with Crippen molar-refractivity contribution in [2.24, 2.45) is 0 Å². The number of rotatable bonds is 1. The Bertz CT molecular complexity index is 829. The van der Waals surface area contributed by atoms with Gasteiger partial charge in [0, 0.05) is 15.7 Å². The summed E-state index contributed by atoms with van der Waals surface area (Å²) in [5.74, 6) is -0.0148. The predicted octanol–water partition coefficient (Wildman–Crippen LogP) is 4.45. The zero-order chi connectivity index (χ0) is 14.4. The van der Waals surface area contributed by atoms with Gasteiger partial charge in [-0.15, -0.1) is 0 Å². The molecular formula is C14H10BrClFN3. The fourth-order valence-electron chi connectivity index (χ4n) is 2.15. The molecule has 0 unspecified atom stereocenters. The third kappa shape index (κ3) is 1.98. The van der Waals surface area contributed by atoms with Gasteiger partial charge in [0.2, 0.25) is 0 Å². The van der Waals surface area contributed by atoms with E-state index in [0.29, 0.717) is 22.7 Å². The van der Waals surface area contributed by atoms with Crippen LogP contribution in [-0.4, -0.2) is 9.38 Å². The average molecular weight is 355 g/mol. The SMILES string of the molecule is Cc1c(Br)ccc2nc(-c3ccc(Cl)c(F)c3)c(N)n12. The van der Waals surface area contributed by atoms with Crippen molar-refractivity contribution in [3.63, 3.8) is 0 Å². The van der Waals surface area contributed by atoms with Gasteiger partial charge in [-0.05, 0) is 47.1 Å². The molecule has 3 nitrogen and oxygen atoms in total. The molecule has 0 aliphatic heterocycles. The standard InChI is InChI=1S/C14H10BrClFN3/c1-7-9(15)3-5-12-19-13(14(18)20(7)12)8-2-4-10(16)11(17)6-8/h2-6H,18H2,1H3. The molecule has 0 radical (unpaired) electrons. The monoisotopic (exact) mass is 353 g/mol. The minimum Gasteiger partial charge on any atom is -0.383 e. The zero-order valence-electron chi connectivity index (χ0n) is 10.5. The van der Waals surface area contributed by atoms with Gasteiger partial charge in [-0.2, -0.15) is 0 Å². The second-order valence-electron chi connectivity index (χ2n) is 4.43. The molecule has 0 aliphatic carbocycles. The predicted molar refractivity (Wildman–Crippen MR) is 82.4 cm³/mol. The van der Waals surface area contributed by atoms with Gasteiger partial charge in [-0.3, -0.25) is 4.40 Å². The van der Waals surface area contributed by atoms with E-state index in [2.05, 4.69) is 20.9 Å². The molecule has 0 aliphatic rings. The number of nitrogens with zero attached hydrogens (tertiary/aromatic N) is 2. The molecule has 20 heavy (non-hydrogen) atoms. The van der Waals surface area contributed by atoms with E-state index < -0.39 is 5.82 Å². The molecule has 102 valence electrons. The Balaban J connectivity index is 2.29. The largest absolute Gasteiger partial charge is 0.383 e. The van der Waals surface area contributed by atoms with E-state index in [9.17, 15) is 4.39 Å². The van der Waals surface area contributed by atoms with Gasteiger partial charge in [0.05, 0.1) is 5.02 Å². The lowest BCUT2D eigenvalue weighted by Gasteiger charge is -2.04. The number of pyridine rings is 1. The van der Waals surface area contributed by atoms with E-state index in [1.807, 2.05) is 23.5 Å². The number of nitrogens with two attached hydrogens (primary N) is 1. The van der Waals surface area contributed by atoms with Crippen LogP contribution in [0.1, 0.15) is 5.69 Å². The van der Waals surface area contributed by atoms with Gasteiger partial charge in [-0.25, -0.2) is 9.37 Å². The quantitative estimate of drug-likeness (QED) is 0.702. The first-order valence-electron chi connectivity index (χ1n) is 5.87. The van der Waals surface area contributed by atoms with E-state index in [4.69, 9.17) is 17.3 Å². The van der Waals surface area contributed by atoms with Crippen LogP contribution >= 0.6 is 27.5 Å². The zero-order valence-corrected chi connectivity index (χ0v) is 12.8. The number of nitrogen functional groups attached to an aromatic ring is 1. The molecule has 0 bridgehead atoms. The lowest BCUT2D eigenvalue weighted by Crippen LogP contribution is -1.98. The fraction of sp³-hybridized carbons (Fsp3) is 0.0714. The number of hydrogen-bond acceptors (Lipinski definition) is 2. The highest BCUT2D eigenvalue weighted by Crippen LogP contribution is 2.31. The summed E-state index contributed by atoms with van der Waals surface area (Å²) in [6.45, 7) is 1.93. The molecule has 3 rings (SSSR count).